The highest BCUT2D eigenvalue weighted by atomic mass is 16.7. The normalized spacial score (nSPS) is 26.1. The molecule has 1 unspecified atom stereocenters. The second-order valence-electron chi connectivity index (χ2n) is 5.05. The van der Waals surface area contributed by atoms with Crippen molar-refractivity contribution in [2.24, 2.45) is 0 Å². The smallest absolute Gasteiger partial charge is 0.239 e. The lowest BCUT2D eigenvalue weighted by Crippen LogP contribution is -2.52. The van der Waals surface area contributed by atoms with E-state index < -0.39 is 0 Å². The Balaban J connectivity index is 1.88. The molecule has 1 spiro atoms. The van der Waals surface area contributed by atoms with E-state index in [4.69, 9.17) is 9.47 Å². The molecule has 0 saturated carbocycles. The van der Waals surface area contributed by atoms with Crippen LogP contribution in [0.4, 0.5) is 0 Å². The van der Waals surface area contributed by atoms with Crippen LogP contribution in [0, 0.1) is 0 Å². The van der Waals surface area contributed by atoms with Crippen molar-refractivity contribution in [1.29, 1.82) is 0 Å². The summed E-state index contributed by atoms with van der Waals surface area (Å²) in [7, 11) is 3.60. The molecule has 2 saturated heterocycles. The molecule has 0 aromatic heterocycles. The van der Waals surface area contributed by atoms with E-state index in [2.05, 4.69) is 4.90 Å². The third kappa shape index (κ3) is 2.61. The van der Waals surface area contributed by atoms with Crippen LogP contribution in [0.15, 0.2) is 0 Å². The number of amides is 1. The number of carbonyl (C=O) groups is 1. The van der Waals surface area contributed by atoms with Crippen molar-refractivity contribution in [3.8, 4) is 0 Å². The van der Waals surface area contributed by atoms with Crippen molar-refractivity contribution in [1.82, 2.24) is 9.80 Å². The van der Waals surface area contributed by atoms with E-state index >= 15 is 0 Å². The molecule has 0 aliphatic carbocycles. The molecule has 1 amide bonds. The molecule has 2 heterocycles. The Bertz CT molecular complexity index is 277. The van der Waals surface area contributed by atoms with E-state index in [-0.39, 0.29) is 17.7 Å². The number of hydrogen-bond acceptors (Lipinski definition) is 4. The first-order valence-electron chi connectivity index (χ1n) is 6.27. The number of nitrogens with zero attached hydrogens (tertiary/aromatic N) is 2. The average molecular weight is 242 g/mol. The number of hydrogen-bond donors (Lipinski definition) is 0. The predicted molar refractivity (Wildman–Crippen MR) is 63.6 cm³/mol. The maximum Gasteiger partial charge on any atom is 0.239 e. The van der Waals surface area contributed by atoms with Crippen LogP contribution in [0.5, 0.6) is 0 Å². The van der Waals surface area contributed by atoms with Crippen molar-refractivity contribution in [2.45, 2.75) is 31.6 Å². The highest BCUT2D eigenvalue weighted by Crippen LogP contribution is 2.31. The van der Waals surface area contributed by atoms with Crippen LogP contribution in [0.2, 0.25) is 0 Å². The quantitative estimate of drug-likeness (QED) is 0.698. The maximum absolute atomic E-state index is 11.9. The zero-order chi connectivity index (χ0) is 12.5. The Morgan fingerprint density at radius 3 is 2.24 bits per heavy atom. The molecule has 2 fully saturated rings. The summed E-state index contributed by atoms with van der Waals surface area (Å²) in [5.74, 6) is -0.189. The van der Waals surface area contributed by atoms with Gasteiger partial charge in [0.2, 0.25) is 5.91 Å². The van der Waals surface area contributed by atoms with Crippen LogP contribution in [0.1, 0.15) is 19.8 Å². The molecule has 98 valence electrons. The Morgan fingerprint density at radius 2 is 1.76 bits per heavy atom. The number of rotatable bonds is 2. The SMILES string of the molecule is CC(C(=O)N(C)C)N1CCC2(CC1)OCCO2. The van der Waals surface area contributed by atoms with Crippen LogP contribution < -0.4 is 0 Å². The van der Waals surface area contributed by atoms with E-state index in [1.165, 1.54) is 0 Å². The van der Waals surface area contributed by atoms with Gasteiger partial charge in [-0.15, -0.1) is 0 Å². The number of likely N-dealkylation sites (tertiary alicyclic amines) is 1. The first-order chi connectivity index (χ1) is 8.04. The number of piperidine rings is 1. The molecule has 1 atom stereocenters. The lowest BCUT2D eigenvalue weighted by atomic mass is 10.0. The Kier molecular flexibility index (Phi) is 3.70. The van der Waals surface area contributed by atoms with Gasteiger partial charge in [0, 0.05) is 40.0 Å². The molecule has 2 aliphatic heterocycles. The Morgan fingerprint density at radius 1 is 1.24 bits per heavy atom. The highest BCUT2D eigenvalue weighted by molar-refractivity contribution is 5.80. The number of carbonyl (C=O) groups excluding carboxylic acids is 1. The highest BCUT2D eigenvalue weighted by Gasteiger charge is 2.41. The van der Waals surface area contributed by atoms with Crippen LogP contribution in [0.3, 0.4) is 0 Å². The molecular formula is C12H22N2O3. The fourth-order valence-corrected chi connectivity index (χ4v) is 2.57. The summed E-state index contributed by atoms with van der Waals surface area (Å²) in [6.07, 6.45) is 1.72. The minimum absolute atomic E-state index is 0.0521. The molecule has 5 nitrogen and oxygen atoms in total. The van der Waals surface area contributed by atoms with Gasteiger partial charge in [-0.05, 0) is 6.92 Å². The molecule has 0 aromatic carbocycles. The fraction of sp³-hybridized carbons (Fsp3) is 0.917. The fourth-order valence-electron chi connectivity index (χ4n) is 2.57. The summed E-state index contributed by atoms with van der Waals surface area (Å²) >= 11 is 0. The standard InChI is InChI=1S/C12H22N2O3/c1-10(11(15)13(2)3)14-6-4-12(5-7-14)16-8-9-17-12/h10H,4-9H2,1-3H3. The molecule has 0 aromatic rings. The van der Waals surface area contributed by atoms with Gasteiger partial charge in [0.1, 0.15) is 0 Å². The molecule has 2 rings (SSSR count). The van der Waals surface area contributed by atoms with Gasteiger partial charge in [0.05, 0.1) is 19.3 Å². The van der Waals surface area contributed by atoms with Crippen molar-refractivity contribution in [2.75, 3.05) is 40.4 Å². The summed E-state index contributed by atoms with van der Waals surface area (Å²) < 4.78 is 11.3. The lowest BCUT2D eigenvalue weighted by Gasteiger charge is -2.40. The van der Waals surface area contributed by atoms with Crippen LogP contribution in [-0.2, 0) is 14.3 Å². The average Bonchev–Trinajstić information content (AvgIpc) is 2.76. The van der Waals surface area contributed by atoms with E-state index in [0.717, 1.165) is 25.9 Å². The van der Waals surface area contributed by atoms with Crippen molar-refractivity contribution < 1.29 is 14.3 Å². The summed E-state index contributed by atoms with van der Waals surface area (Å²) in [6, 6.07) is -0.0521. The third-order valence-corrected chi connectivity index (χ3v) is 3.72. The maximum atomic E-state index is 11.9. The van der Waals surface area contributed by atoms with E-state index in [0.29, 0.717) is 13.2 Å². The topological polar surface area (TPSA) is 42.0 Å². The monoisotopic (exact) mass is 242 g/mol. The minimum Gasteiger partial charge on any atom is -0.347 e. The third-order valence-electron chi connectivity index (χ3n) is 3.72. The zero-order valence-electron chi connectivity index (χ0n) is 10.9. The van der Waals surface area contributed by atoms with Gasteiger partial charge in [-0.3, -0.25) is 9.69 Å². The second kappa shape index (κ2) is 4.92. The number of ether oxygens (including phenoxy) is 2. The zero-order valence-corrected chi connectivity index (χ0v) is 10.9. The predicted octanol–water partition coefficient (Wildman–Crippen LogP) is 0.302. The summed E-state index contributed by atoms with van der Waals surface area (Å²) in [5, 5.41) is 0. The van der Waals surface area contributed by atoms with Crippen LogP contribution >= 0.6 is 0 Å². The lowest BCUT2D eigenvalue weighted by molar-refractivity contribution is -0.188. The van der Waals surface area contributed by atoms with Crippen LogP contribution in [-0.4, -0.2) is 67.9 Å². The van der Waals surface area contributed by atoms with E-state index in [1.54, 1.807) is 19.0 Å². The van der Waals surface area contributed by atoms with E-state index in [1.807, 2.05) is 6.92 Å². The molecule has 5 heteroatoms. The van der Waals surface area contributed by atoms with Crippen molar-refractivity contribution in [3.63, 3.8) is 0 Å². The van der Waals surface area contributed by atoms with Crippen LogP contribution in [0.25, 0.3) is 0 Å². The summed E-state index contributed by atoms with van der Waals surface area (Å²) in [4.78, 5) is 15.7. The molecular weight excluding hydrogens is 220 g/mol. The first kappa shape index (κ1) is 12.8. The minimum atomic E-state index is -0.350. The Labute approximate surface area is 103 Å². The van der Waals surface area contributed by atoms with Gasteiger partial charge in [-0.1, -0.05) is 0 Å². The molecule has 0 N–H and O–H groups in total. The summed E-state index contributed by atoms with van der Waals surface area (Å²) in [6.45, 7) is 5.09. The van der Waals surface area contributed by atoms with Crippen molar-refractivity contribution in [3.05, 3.63) is 0 Å². The van der Waals surface area contributed by atoms with Gasteiger partial charge in [-0.2, -0.15) is 0 Å². The van der Waals surface area contributed by atoms with Crippen molar-refractivity contribution >= 4 is 5.91 Å². The largest absolute Gasteiger partial charge is 0.347 e. The van der Waals surface area contributed by atoms with Gasteiger partial charge >= 0.3 is 0 Å². The molecule has 0 radical (unpaired) electrons. The van der Waals surface area contributed by atoms with Gasteiger partial charge < -0.3 is 14.4 Å². The van der Waals surface area contributed by atoms with E-state index in [9.17, 15) is 4.79 Å². The molecule has 0 bridgehead atoms. The summed E-state index contributed by atoms with van der Waals surface area (Å²) in [5.41, 5.74) is 0. The molecule has 2 aliphatic rings. The number of likely N-dealkylation sites (N-methyl/N-ethyl adjacent to an activating group) is 1. The molecule has 17 heavy (non-hydrogen) atoms. The second-order valence-corrected chi connectivity index (χ2v) is 5.05. The Hall–Kier alpha value is -0.650. The van der Waals surface area contributed by atoms with Gasteiger partial charge in [0.15, 0.2) is 5.79 Å². The van der Waals surface area contributed by atoms with Gasteiger partial charge in [0.25, 0.3) is 0 Å². The van der Waals surface area contributed by atoms with Gasteiger partial charge in [-0.25, -0.2) is 0 Å². The first-order valence-corrected chi connectivity index (χ1v) is 6.27.